The van der Waals surface area contributed by atoms with Crippen LogP contribution in [0.25, 0.3) is 5.65 Å². The third kappa shape index (κ3) is 5.90. The molecule has 6 nitrogen and oxygen atoms in total. The summed E-state index contributed by atoms with van der Waals surface area (Å²) in [5, 5.41) is 10.8. The van der Waals surface area contributed by atoms with Crippen LogP contribution in [0, 0.1) is 11.6 Å². The molecule has 43 heavy (non-hydrogen) atoms. The fraction of sp³-hybridized carbons (Fsp3) is 0.433. The number of halogens is 5. The molecule has 0 bridgehead atoms. The third-order valence-electron chi connectivity index (χ3n) is 7.96. The van der Waals surface area contributed by atoms with Crippen molar-refractivity contribution in [3.05, 3.63) is 82.3 Å². The Kier molecular flexibility index (Phi) is 7.77. The quantitative estimate of drug-likeness (QED) is 0.264. The number of hydrogen-bond acceptors (Lipinski definition) is 6. The molecule has 3 aliphatic rings. The number of hydrogen-bond donors (Lipinski definition) is 2. The largest absolute Gasteiger partial charge is 0.390 e. The second kappa shape index (κ2) is 11.1. The monoisotopic (exact) mass is 635 g/mol. The third-order valence-corrected chi connectivity index (χ3v) is 11.4. The van der Waals surface area contributed by atoms with Gasteiger partial charge in [0, 0.05) is 40.6 Å². The number of nitrogens with one attached hydrogen (secondary N) is 2. The Bertz CT molecular complexity index is 1640. The van der Waals surface area contributed by atoms with E-state index in [2.05, 4.69) is 15.6 Å². The highest BCUT2D eigenvalue weighted by Gasteiger charge is 2.44. The van der Waals surface area contributed by atoms with Crippen LogP contribution in [0.4, 0.5) is 27.6 Å². The van der Waals surface area contributed by atoms with Crippen LogP contribution < -0.4 is 10.6 Å². The summed E-state index contributed by atoms with van der Waals surface area (Å²) in [6, 6.07) is 5.11. The van der Waals surface area contributed by atoms with Gasteiger partial charge >= 0.3 is 6.18 Å². The number of aromatic nitrogens is 3. The summed E-state index contributed by atoms with van der Waals surface area (Å²) >= 11 is 2.82. The summed E-state index contributed by atoms with van der Waals surface area (Å²) in [4.78, 5) is 17.4. The molecule has 3 heterocycles. The molecule has 2 N–H and O–H groups in total. The Labute approximate surface area is 254 Å². The minimum Gasteiger partial charge on any atom is -0.382 e. The van der Waals surface area contributed by atoms with Gasteiger partial charge in [0.2, 0.25) is 0 Å². The minimum absolute atomic E-state index is 0.109. The maximum absolute atomic E-state index is 15.3. The van der Waals surface area contributed by atoms with Crippen molar-refractivity contribution >= 4 is 40.8 Å². The van der Waals surface area contributed by atoms with Crippen LogP contribution in [0.1, 0.15) is 56.5 Å². The fourth-order valence-corrected chi connectivity index (χ4v) is 8.84. The second-order valence-electron chi connectivity index (χ2n) is 11.4. The summed E-state index contributed by atoms with van der Waals surface area (Å²) < 4.78 is 69.3. The van der Waals surface area contributed by atoms with Crippen LogP contribution in [0.15, 0.2) is 53.8 Å². The topological polar surface area (TPSA) is 71.3 Å². The van der Waals surface area contributed by atoms with Gasteiger partial charge in [-0.15, -0.1) is 23.5 Å². The van der Waals surface area contributed by atoms with Crippen molar-refractivity contribution in [3.63, 3.8) is 0 Å². The SMILES string of the molecule is CC1=C(C(=O)NC2CC2)C=CC(C)(c2cnc3c(NCCC(F)(F)F)cc(C4(c5cc(F)ccc5F)SCCS4)nn23)C1. The molecule has 1 amide bonds. The minimum atomic E-state index is -4.36. The van der Waals surface area contributed by atoms with Crippen molar-refractivity contribution in [2.75, 3.05) is 23.4 Å². The molecular weight excluding hydrogens is 605 g/mol. The number of carbonyl (C=O) groups excluding carboxylic acids is 1. The van der Waals surface area contributed by atoms with E-state index < -0.39 is 40.3 Å². The summed E-state index contributed by atoms with van der Waals surface area (Å²) in [5.74, 6) is -0.0147. The Hall–Kier alpha value is -3.06. The summed E-state index contributed by atoms with van der Waals surface area (Å²) in [6.07, 6.45) is 2.38. The molecule has 2 aliphatic carbocycles. The van der Waals surface area contributed by atoms with Gasteiger partial charge in [-0.25, -0.2) is 18.3 Å². The first-order valence-corrected chi connectivity index (χ1v) is 16.0. The molecule has 228 valence electrons. The number of anilines is 1. The van der Waals surface area contributed by atoms with Crippen molar-refractivity contribution in [2.45, 2.75) is 61.2 Å². The number of benzene rings is 1. The summed E-state index contributed by atoms with van der Waals surface area (Å²) in [5.41, 5.74) is 2.60. The highest BCUT2D eigenvalue weighted by Crippen LogP contribution is 2.57. The molecule has 3 aromatic rings. The number of nitrogens with zero attached hydrogens (tertiary/aromatic N) is 3. The van der Waals surface area contributed by atoms with Gasteiger partial charge in [-0.2, -0.15) is 18.3 Å². The first kappa shape index (κ1) is 30.0. The van der Waals surface area contributed by atoms with E-state index >= 15 is 4.39 Å². The number of amides is 1. The number of allylic oxidation sites excluding steroid dienone is 2. The lowest BCUT2D eigenvalue weighted by Gasteiger charge is -2.31. The van der Waals surface area contributed by atoms with Gasteiger partial charge in [0.05, 0.1) is 29.7 Å². The number of rotatable bonds is 8. The summed E-state index contributed by atoms with van der Waals surface area (Å²) in [7, 11) is 0. The maximum Gasteiger partial charge on any atom is 0.390 e. The van der Waals surface area contributed by atoms with E-state index in [0.717, 1.165) is 36.6 Å². The molecule has 1 aliphatic heterocycles. The molecule has 1 unspecified atom stereocenters. The van der Waals surface area contributed by atoms with Gasteiger partial charge in [0.15, 0.2) is 5.65 Å². The van der Waals surface area contributed by atoms with Gasteiger partial charge in [0.25, 0.3) is 5.91 Å². The Morgan fingerprint density at radius 1 is 1.16 bits per heavy atom. The highest BCUT2D eigenvalue weighted by molar-refractivity contribution is 8.20. The molecule has 2 aromatic heterocycles. The molecule has 2 fully saturated rings. The van der Waals surface area contributed by atoms with Crippen LogP contribution >= 0.6 is 23.5 Å². The molecule has 1 atom stereocenters. The van der Waals surface area contributed by atoms with Gasteiger partial charge in [-0.3, -0.25) is 4.79 Å². The summed E-state index contributed by atoms with van der Waals surface area (Å²) in [6.45, 7) is 3.49. The number of alkyl halides is 3. The van der Waals surface area contributed by atoms with Crippen molar-refractivity contribution in [1.82, 2.24) is 19.9 Å². The van der Waals surface area contributed by atoms with Gasteiger partial charge in [0.1, 0.15) is 15.7 Å². The Balaban J connectivity index is 1.46. The lowest BCUT2D eigenvalue weighted by molar-refractivity contribution is -0.131. The average molecular weight is 636 g/mol. The lowest BCUT2D eigenvalue weighted by Crippen LogP contribution is -2.31. The number of thioether (sulfide) groups is 2. The predicted octanol–water partition coefficient (Wildman–Crippen LogP) is 6.87. The zero-order valence-corrected chi connectivity index (χ0v) is 25.2. The molecular formula is C30H30F5N5OS2. The van der Waals surface area contributed by atoms with Crippen molar-refractivity contribution < 1.29 is 26.7 Å². The van der Waals surface area contributed by atoms with Gasteiger partial charge < -0.3 is 10.6 Å². The van der Waals surface area contributed by atoms with Crippen molar-refractivity contribution in [2.24, 2.45) is 0 Å². The molecule has 13 heteroatoms. The van der Waals surface area contributed by atoms with E-state index in [-0.39, 0.29) is 17.5 Å². The van der Waals surface area contributed by atoms with Crippen LogP contribution in [-0.4, -0.2) is 50.8 Å². The average Bonchev–Trinajstić information content (AvgIpc) is 3.41. The predicted molar refractivity (Wildman–Crippen MR) is 159 cm³/mol. The first-order chi connectivity index (χ1) is 20.4. The molecule has 6 rings (SSSR count). The standard InChI is InChI=1S/C30H30F5N5OS2/c1-17-15-28(2,8-7-20(17)27(41)38-19-4-5-19)25-16-37-26-23(36-10-9-29(33,34)35)14-24(39-40(25)26)30(42-11-12-43-30)21-13-18(31)3-6-22(21)32/h3,6-8,13-14,16,19,36H,4-5,9-12,15H2,1-2H3,(H,38,41). The molecule has 1 aromatic carbocycles. The zero-order chi connectivity index (χ0) is 30.6. The Morgan fingerprint density at radius 3 is 2.58 bits per heavy atom. The van der Waals surface area contributed by atoms with E-state index in [1.807, 2.05) is 19.9 Å². The van der Waals surface area contributed by atoms with Gasteiger partial charge in [-0.05, 0) is 50.5 Å². The van der Waals surface area contributed by atoms with Crippen LogP contribution in [0.2, 0.25) is 0 Å². The van der Waals surface area contributed by atoms with E-state index in [1.165, 1.54) is 23.5 Å². The highest BCUT2D eigenvalue weighted by atomic mass is 32.2. The van der Waals surface area contributed by atoms with Crippen LogP contribution in [0.5, 0.6) is 0 Å². The zero-order valence-electron chi connectivity index (χ0n) is 23.5. The van der Waals surface area contributed by atoms with Crippen LogP contribution in [-0.2, 0) is 14.3 Å². The number of fused-ring (bicyclic) bond motifs is 1. The van der Waals surface area contributed by atoms with E-state index in [4.69, 9.17) is 5.10 Å². The van der Waals surface area contributed by atoms with E-state index in [0.29, 0.717) is 46.2 Å². The number of carbonyl (C=O) groups is 1. The molecule has 1 saturated carbocycles. The van der Waals surface area contributed by atoms with Crippen molar-refractivity contribution in [1.29, 1.82) is 0 Å². The lowest BCUT2D eigenvalue weighted by atomic mass is 9.76. The first-order valence-electron chi connectivity index (χ1n) is 14.0. The fourth-order valence-electron chi connectivity index (χ4n) is 5.64. The molecule has 1 saturated heterocycles. The van der Waals surface area contributed by atoms with Crippen LogP contribution in [0.3, 0.4) is 0 Å². The van der Waals surface area contributed by atoms with Crippen molar-refractivity contribution in [3.8, 4) is 0 Å². The second-order valence-corrected chi connectivity index (χ2v) is 14.3. The smallest absolute Gasteiger partial charge is 0.382 e. The normalized spacial score (nSPS) is 21.9. The number of imidazole rings is 1. The van der Waals surface area contributed by atoms with Gasteiger partial charge in [-0.1, -0.05) is 24.6 Å². The van der Waals surface area contributed by atoms with E-state index in [1.54, 1.807) is 22.9 Å². The maximum atomic E-state index is 15.3. The molecule has 0 radical (unpaired) electrons. The molecule has 0 spiro atoms. The van der Waals surface area contributed by atoms with E-state index in [9.17, 15) is 22.4 Å². The Morgan fingerprint density at radius 2 is 1.91 bits per heavy atom.